The van der Waals surface area contributed by atoms with Crippen molar-refractivity contribution in [2.45, 2.75) is 6.54 Å². The maximum atomic E-state index is 5.96. The van der Waals surface area contributed by atoms with E-state index >= 15 is 0 Å². The average molecular weight is 311 g/mol. The minimum absolute atomic E-state index is 0.316. The zero-order chi connectivity index (χ0) is 12.4. The van der Waals surface area contributed by atoms with Crippen molar-refractivity contribution in [2.24, 2.45) is 5.73 Å². The molecule has 0 aliphatic heterocycles. The molecule has 0 aliphatic carbocycles. The van der Waals surface area contributed by atoms with Gasteiger partial charge in [-0.25, -0.2) is 0 Å². The third-order valence-electron chi connectivity index (χ3n) is 1.80. The maximum Gasteiger partial charge on any atom is 0.299 e. The van der Waals surface area contributed by atoms with E-state index in [1.54, 1.807) is 0 Å². The first-order chi connectivity index (χ1) is 8.10. The van der Waals surface area contributed by atoms with Crippen molar-refractivity contribution >= 4 is 46.1 Å². The highest BCUT2D eigenvalue weighted by Crippen LogP contribution is 2.36. The van der Waals surface area contributed by atoms with E-state index in [2.05, 4.69) is 10.2 Å². The largest absolute Gasteiger partial charge is 0.428 e. The Balaban J connectivity index is 2.26. The summed E-state index contributed by atoms with van der Waals surface area (Å²) in [4.78, 5) is 0. The second kappa shape index (κ2) is 5.37. The molecule has 0 aliphatic rings. The highest BCUT2D eigenvalue weighted by molar-refractivity contribution is 7.13. The Hall–Kier alpha value is -0.590. The molecule has 4 nitrogen and oxygen atoms in total. The van der Waals surface area contributed by atoms with Crippen LogP contribution < -0.4 is 10.5 Å². The summed E-state index contributed by atoms with van der Waals surface area (Å²) < 4.78 is 5.44. The molecular weight excluding hydrogens is 305 g/mol. The summed E-state index contributed by atoms with van der Waals surface area (Å²) >= 11 is 18.9. The molecule has 2 N–H and O–H groups in total. The van der Waals surface area contributed by atoms with E-state index in [4.69, 9.17) is 45.3 Å². The number of hydrogen-bond donors (Lipinski definition) is 1. The first-order valence-electron chi connectivity index (χ1n) is 4.45. The fourth-order valence-electron chi connectivity index (χ4n) is 1.04. The van der Waals surface area contributed by atoms with Crippen LogP contribution in [0.3, 0.4) is 0 Å². The van der Waals surface area contributed by atoms with Crippen LogP contribution in [0.4, 0.5) is 0 Å². The molecule has 0 saturated carbocycles. The summed E-state index contributed by atoms with van der Waals surface area (Å²) in [6.07, 6.45) is 0. The molecule has 0 saturated heterocycles. The highest BCUT2D eigenvalue weighted by atomic mass is 35.5. The molecule has 17 heavy (non-hydrogen) atoms. The van der Waals surface area contributed by atoms with Crippen LogP contribution in [0.25, 0.3) is 0 Å². The Morgan fingerprint density at radius 1 is 1.12 bits per heavy atom. The van der Waals surface area contributed by atoms with E-state index in [9.17, 15) is 0 Å². The molecule has 1 heterocycles. The number of nitrogens with two attached hydrogens (primary N) is 1. The van der Waals surface area contributed by atoms with Crippen molar-refractivity contribution in [2.75, 3.05) is 0 Å². The first kappa shape index (κ1) is 12.9. The quantitative estimate of drug-likeness (QED) is 0.877. The van der Waals surface area contributed by atoms with Crippen LogP contribution >= 0.6 is 46.1 Å². The zero-order valence-corrected chi connectivity index (χ0v) is 11.4. The Bertz CT molecular complexity index is 546. The van der Waals surface area contributed by atoms with Crippen molar-refractivity contribution in [1.82, 2.24) is 10.2 Å². The van der Waals surface area contributed by atoms with Crippen LogP contribution in [0, 0.1) is 0 Å². The lowest BCUT2D eigenvalue weighted by atomic mass is 10.3. The van der Waals surface area contributed by atoms with E-state index in [1.165, 1.54) is 23.5 Å². The van der Waals surface area contributed by atoms with Gasteiger partial charge in [0.1, 0.15) is 5.01 Å². The lowest BCUT2D eigenvalue weighted by Gasteiger charge is -2.05. The fourth-order valence-corrected chi connectivity index (χ4v) is 2.19. The monoisotopic (exact) mass is 309 g/mol. The molecule has 0 bridgehead atoms. The van der Waals surface area contributed by atoms with Gasteiger partial charge < -0.3 is 10.5 Å². The standard InChI is InChI=1S/C9H6Cl3N3OS/c10-4-1-6(12)7(2-5(4)11)16-9-15-14-8(3-13)17-9/h1-2H,3,13H2. The Labute approximate surface area is 116 Å². The number of aromatic nitrogens is 2. The predicted octanol–water partition coefficient (Wildman–Crippen LogP) is 3.75. The molecule has 8 heteroatoms. The number of rotatable bonds is 3. The third-order valence-corrected chi connectivity index (χ3v) is 3.64. The van der Waals surface area contributed by atoms with E-state index < -0.39 is 0 Å². The van der Waals surface area contributed by atoms with Gasteiger partial charge in [0.05, 0.1) is 15.1 Å². The number of hydrogen-bond acceptors (Lipinski definition) is 5. The van der Waals surface area contributed by atoms with Crippen LogP contribution in [0.5, 0.6) is 10.9 Å². The topological polar surface area (TPSA) is 61.0 Å². The van der Waals surface area contributed by atoms with Gasteiger partial charge in [-0.15, -0.1) is 5.10 Å². The Morgan fingerprint density at radius 2 is 1.82 bits per heavy atom. The predicted molar refractivity (Wildman–Crippen MR) is 69.3 cm³/mol. The molecule has 0 amide bonds. The summed E-state index contributed by atoms with van der Waals surface area (Å²) in [7, 11) is 0. The van der Waals surface area contributed by atoms with Crippen LogP contribution in [0.2, 0.25) is 15.1 Å². The van der Waals surface area contributed by atoms with Crippen LogP contribution in [0.1, 0.15) is 5.01 Å². The maximum absolute atomic E-state index is 5.96. The van der Waals surface area contributed by atoms with Crippen LogP contribution in [-0.2, 0) is 6.54 Å². The molecule has 0 radical (unpaired) electrons. The van der Waals surface area contributed by atoms with Crippen LogP contribution in [0.15, 0.2) is 12.1 Å². The Morgan fingerprint density at radius 3 is 2.47 bits per heavy atom. The van der Waals surface area contributed by atoms with E-state index in [-0.39, 0.29) is 0 Å². The molecule has 0 unspecified atom stereocenters. The number of benzene rings is 1. The number of halogens is 3. The SMILES string of the molecule is NCc1nnc(Oc2cc(Cl)c(Cl)cc2Cl)s1. The van der Waals surface area contributed by atoms with Gasteiger partial charge in [-0.1, -0.05) is 51.2 Å². The summed E-state index contributed by atoms with van der Waals surface area (Å²) in [6, 6.07) is 3.03. The number of nitrogens with zero attached hydrogens (tertiary/aromatic N) is 2. The fraction of sp³-hybridized carbons (Fsp3) is 0.111. The summed E-state index contributed by atoms with van der Waals surface area (Å²) in [5.41, 5.74) is 5.42. The minimum atomic E-state index is 0.316. The summed E-state index contributed by atoms with van der Waals surface area (Å²) in [5, 5.41) is 9.73. The van der Waals surface area contributed by atoms with Gasteiger partial charge in [0, 0.05) is 12.6 Å². The van der Waals surface area contributed by atoms with Crippen molar-refractivity contribution in [3.05, 3.63) is 32.2 Å². The summed E-state index contributed by atoms with van der Waals surface area (Å²) in [6.45, 7) is 0.316. The van der Waals surface area contributed by atoms with E-state index in [0.29, 0.717) is 37.6 Å². The second-order valence-electron chi connectivity index (χ2n) is 2.96. The molecule has 0 atom stereocenters. The zero-order valence-electron chi connectivity index (χ0n) is 8.28. The third kappa shape index (κ3) is 3.00. The molecule has 0 spiro atoms. The van der Waals surface area contributed by atoms with Gasteiger partial charge in [0.15, 0.2) is 5.75 Å². The smallest absolute Gasteiger partial charge is 0.299 e. The van der Waals surface area contributed by atoms with Gasteiger partial charge >= 0.3 is 0 Å². The van der Waals surface area contributed by atoms with Crippen LogP contribution in [-0.4, -0.2) is 10.2 Å². The molecular formula is C9H6Cl3N3OS. The van der Waals surface area contributed by atoms with Gasteiger partial charge in [0.25, 0.3) is 5.19 Å². The highest BCUT2D eigenvalue weighted by Gasteiger charge is 2.11. The second-order valence-corrected chi connectivity index (χ2v) is 5.21. The van der Waals surface area contributed by atoms with Crippen molar-refractivity contribution < 1.29 is 4.74 Å². The molecule has 2 aromatic rings. The molecule has 90 valence electrons. The lowest BCUT2D eigenvalue weighted by Crippen LogP contribution is -1.94. The molecule has 0 fully saturated rings. The van der Waals surface area contributed by atoms with Gasteiger partial charge in [0.2, 0.25) is 0 Å². The Kier molecular flexibility index (Phi) is 4.06. The normalized spacial score (nSPS) is 10.6. The number of ether oxygens (including phenoxy) is 1. The van der Waals surface area contributed by atoms with E-state index in [1.807, 2.05) is 0 Å². The average Bonchev–Trinajstić information content (AvgIpc) is 2.73. The molecule has 2 rings (SSSR count). The molecule has 1 aromatic carbocycles. The van der Waals surface area contributed by atoms with Crippen molar-refractivity contribution in [3.63, 3.8) is 0 Å². The van der Waals surface area contributed by atoms with E-state index in [0.717, 1.165) is 0 Å². The van der Waals surface area contributed by atoms with Gasteiger partial charge in [-0.05, 0) is 6.07 Å². The van der Waals surface area contributed by atoms with Gasteiger partial charge in [-0.3, -0.25) is 0 Å². The minimum Gasteiger partial charge on any atom is -0.428 e. The van der Waals surface area contributed by atoms with Gasteiger partial charge in [-0.2, -0.15) is 0 Å². The first-order valence-corrected chi connectivity index (χ1v) is 6.40. The van der Waals surface area contributed by atoms with Crippen molar-refractivity contribution in [3.8, 4) is 10.9 Å². The lowest BCUT2D eigenvalue weighted by molar-refractivity contribution is 0.473. The molecule has 1 aromatic heterocycles. The summed E-state index contributed by atoms with van der Waals surface area (Å²) in [5.74, 6) is 0.376. The van der Waals surface area contributed by atoms with Crippen molar-refractivity contribution in [1.29, 1.82) is 0 Å².